The van der Waals surface area contributed by atoms with Crippen LogP contribution in [0.5, 0.6) is 0 Å². The summed E-state index contributed by atoms with van der Waals surface area (Å²) in [4.78, 5) is 18.3. The van der Waals surface area contributed by atoms with E-state index in [1.165, 1.54) is 5.56 Å². The van der Waals surface area contributed by atoms with Crippen molar-refractivity contribution in [3.8, 4) is 17.5 Å². The number of ether oxygens (including phenoxy) is 1. The number of hydrogen-bond donors (Lipinski definition) is 1. The highest BCUT2D eigenvalue weighted by Crippen LogP contribution is 2.26. The molecule has 4 rings (SSSR count). The molecule has 0 atom stereocenters. The van der Waals surface area contributed by atoms with Gasteiger partial charge in [0.1, 0.15) is 18.4 Å². The molecule has 164 valence electrons. The summed E-state index contributed by atoms with van der Waals surface area (Å²) in [5.41, 5.74) is 12.5. The lowest BCUT2D eigenvalue weighted by atomic mass is 9.96. The van der Waals surface area contributed by atoms with Gasteiger partial charge < -0.3 is 15.0 Å². The number of pyridine rings is 1. The van der Waals surface area contributed by atoms with Crippen LogP contribution in [0.1, 0.15) is 43.9 Å². The Balaban J connectivity index is 1.44. The summed E-state index contributed by atoms with van der Waals surface area (Å²) in [6.45, 7) is 6.87. The molecular weight excluding hydrogens is 406 g/mol. The first-order valence-corrected chi connectivity index (χ1v) is 10.5. The van der Waals surface area contributed by atoms with Crippen LogP contribution in [0, 0.1) is 25.2 Å². The molecule has 3 heterocycles. The van der Waals surface area contributed by atoms with Crippen molar-refractivity contribution >= 4 is 5.97 Å². The molecule has 32 heavy (non-hydrogen) atoms. The first kappa shape index (κ1) is 21.7. The Bertz CT molecular complexity index is 1190. The number of hydrogen-bond acceptors (Lipinski definition) is 8. The number of aromatic nitrogens is 2. The number of aryl methyl sites for hydroxylation is 1. The van der Waals surface area contributed by atoms with E-state index in [0.717, 1.165) is 42.0 Å². The summed E-state index contributed by atoms with van der Waals surface area (Å²) in [6, 6.07) is 9.69. The molecule has 0 saturated carbocycles. The number of fused-ring (bicyclic) bond motifs is 1. The highest BCUT2D eigenvalue weighted by Gasteiger charge is 2.24. The molecule has 0 bridgehead atoms. The Labute approximate surface area is 186 Å². The molecule has 0 spiro atoms. The van der Waals surface area contributed by atoms with Crippen molar-refractivity contribution in [2.45, 2.75) is 33.4 Å². The van der Waals surface area contributed by atoms with E-state index in [0.29, 0.717) is 42.2 Å². The fourth-order valence-corrected chi connectivity index (χ4v) is 3.94. The molecule has 0 aliphatic carbocycles. The molecule has 1 aliphatic rings. The molecule has 8 nitrogen and oxygen atoms in total. The van der Waals surface area contributed by atoms with Gasteiger partial charge in [0.25, 0.3) is 0 Å². The third-order valence-electron chi connectivity index (χ3n) is 5.85. The fraction of sp³-hybridized carbons (Fsp3) is 0.333. The Morgan fingerprint density at radius 3 is 2.81 bits per heavy atom. The SMILES string of the molecule is Cc1cc(-c2cc(CN(CCN)CCc3ccc4c(c3C)COC4=O)on2)ncc1C#N. The first-order chi connectivity index (χ1) is 15.5. The Hall–Kier alpha value is -3.54. The molecule has 1 aromatic carbocycles. The zero-order valence-electron chi connectivity index (χ0n) is 18.2. The summed E-state index contributed by atoms with van der Waals surface area (Å²) in [7, 11) is 0. The maximum absolute atomic E-state index is 11.8. The maximum atomic E-state index is 11.8. The molecular formula is C24H25N5O3. The predicted molar refractivity (Wildman–Crippen MR) is 118 cm³/mol. The number of nitrogens with two attached hydrogens (primary N) is 1. The quantitative estimate of drug-likeness (QED) is 0.541. The topological polar surface area (TPSA) is 118 Å². The van der Waals surface area contributed by atoms with Crippen LogP contribution < -0.4 is 5.73 Å². The van der Waals surface area contributed by atoms with Crippen molar-refractivity contribution in [1.82, 2.24) is 15.0 Å². The molecule has 0 saturated heterocycles. The van der Waals surface area contributed by atoms with Gasteiger partial charge in [-0.2, -0.15) is 5.26 Å². The smallest absolute Gasteiger partial charge is 0.338 e. The van der Waals surface area contributed by atoms with E-state index in [1.807, 2.05) is 38.1 Å². The number of esters is 1. The molecule has 0 fully saturated rings. The first-order valence-electron chi connectivity index (χ1n) is 10.5. The van der Waals surface area contributed by atoms with Gasteiger partial charge >= 0.3 is 5.97 Å². The second-order valence-electron chi connectivity index (χ2n) is 7.94. The molecule has 2 aromatic heterocycles. The summed E-state index contributed by atoms with van der Waals surface area (Å²) in [5.74, 6) is 0.481. The number of cyclic esters (lactones) is 1. The van der Waals surface area contributed by atoms with Crippen molar-refractivity contribution < 1.29 is 14.1 Å². The Kier molecular flexibility index (Phi) is 6.30. The minimum absolute atomic E-state index is 0.243. The van der Waals surface area contributed by atoms with Crippen LogP contribution in [-0.4, -0.2) is 40.6 Å². The van der Waals surface area contributed by atoms with Gasteiger partial charge in [0.2, 0.25) is 0 Å². The largest absolute Gasteiger partial charge is 0.457 e. The lowest BCUT2D eigenvalue weighted by Gasteiger charge is -2.21. The number of carbonyl (C=O) groups excluding carboxylic acids is 1. The average molecular weight is 431 g/mol. The third kappa shape index (κ3) is 4.40. The van der Waals surface area contributed by atoms with Crippen molar-refractivity contribution in [2.75, 3.05) is 19.6 Å². The average Bonchev–Trinajstić information content (AvgIpc) is 3.40. The fourth-order valence-electron chi connectivity index (χ4n) is 3.94. The number of nitriles is 1. The van der Waals surface area contributed by atoms with E-state index in [1.54, 1.807) is 6.20 Å². The van der Waals surface area contributed by atoms with Crippen molar-refractivity contribution in [3.63, 3.8) is 0 Å². The van der Waals surface area contributed by atoms with Crippen molar-refractivity contribution in [3.05, 3.63) is 69.6 Å². The highest BCUT2D eigenvalue weighted by molar-refractivity contribution is 5.93. The normalized spacial score (nSPS) is 12.7. The van der Waals surface area contributed by atoms with Crippen molar-refractivity contribution in [2.24, 2.45) is 5.73 Å². The summed E-state index contributed by atoms with van der Waals surface area (Å²) < 4.78 is 10.7. The molecule has 0 amide bonds. The summed E-state index contributed by atoms with van der Waals surface area (Å²) in [6.07, 6.45) is 2.38. The van der Waals surface area contributed by atoms with Gasteiger partial charge in [0.15, 0.2) is 5.76 Å². The summed E-state index contributed by atoms with van der Waals surface area (Å²) in [5, 5.41) is 13.2. The van der Waals surface area contributed by atoms with Crippen LogP contribution in [0.4, 0.5) is 0 Å². The van der Waals surface area contributed by atoms with E-state index >= 15 is 0 Å². The number of carbonyl (C=O) groups is 1. The van der Waals surface area contributed by atoms with Gasteiger partial charge in [0, 0.05) is 37.5 Å². The van der Waals surface area contributed by atoms with Crippen LogP contribution in [0.3, 0.4) is 0 Å². The van der Waals surface area contributed by atoms with Crippen LogP contribution in [0.25, 0.3) is 11.4 Å². The monoisotopic (exact) mass is 431 g/mol. The van der Waals surface area contributed by atoms with Crippen LogP contribution in [-0.2, 0) is 24.3 Å². The van der Waals surface area contributed by atoms with E-state index in [2.05, 4.69) is 21.1 Å². The minimum atomic E-state index is -0.243. The molecule has 3 aromatic rings. The maximum Gasteiger partial charge on any atom is 0.338 e. The van der Waals surface area contributed by atoms with E-state index in [4.69, 9.17) is 20.3 Å². The van der Waals surface area contributed by atoms with Gasteiger partial charge in [-0.1, -0.05) is 11.2 Å². The van der Waals surface area contributed by atoms with Gasteiger partial charge in [-0.15, -0.1) is 0 Å². The zero-order chi connectivity index (χ0) is 22.7. The molecule has 0 unspecified atom stereocenters. The van der Waals surface area contributed by atoms with Gasteiger partial charge in [-0.05, 0) is 49.1 Å². The Morgan fingerprint density at radius 1 is 1.22 bits per heavy atom. The van der Waals surface area contributed by atoms with Crippen molar-refractivity contribution in [1.29, 1.82) is 5.26 Å². The predicted octanol–water partition coefficient (Wildman–Crippen LogP) is 2.90. The van der Waals surface area contributed by atoms with E-state index in [-0.39, 0.29) is 5.97 Å². The third-order valence-corrected chi connectivity index (χ3v) is 5.85. The second kappa shape index (κ2) is 9.30. The van der Waals surface area contributed by atoms with Crippen LogP contribution in [0.2, 0.25) is 0 Å². The zero-order valence-corrected chi connectivity index (χ0v) is 18.2. The van der Waals surface area contributed by atoms with Crippen LogP contribution >= 0.6 is 0 Å². The van der Waals surface area contributed by atoms with E-state index in [9.17, 15) is 4.79 Å². The second-order valence-corrected chi connectivity index (χ2v) is 7.94. The van der Waals surface area contributed by atoms with Gasteiger partial charge in [-0.25, -0.2) is 4.79 Å². The molecule has 2 N–H and O–H groups in total. The standard InChI is InChI=1S/C24H25N5O3/c1-15-9-22(27-12-18(15)11-26)23-10-19(32-28-23)13-29(8-6-25)7-5-17-3-4-20-21(16(17)2)14-31-24(20)30/h3-4,9-10,12H,5-8,13-14,25H2,1-2H3. The summed E-state index contributed by atoms with van der Waals surface area (Å²) >= 11 is 0. The van der Waals surface area contributed by atoms with Crippen LogP contribution in [0.15, 0.2) is 35.0 Å². The molecule has 1 aliphatic heterocycles. The van der Waals surface area contributed by atoms with Gasteiger partial charge in [0.05, 0.1) is 23.4 Å². The van der Waals surface area contributed by atoms with Gasteiger partial charge in [-0.3, -0.25) is 9.88 Å². The molecule has 0 radical (unpaired) electrons. The number of nitrogens with zero attached hydrogens (tertiary/aromatic N) is 4. The highest BCUT2D eigenvalue weighted by atomic mass is 16.5. The minimum Gasteiger partial charge on any atom is -0.457 e. The lowest BCUT2D eigenvalue weighted by molar-refractivity contribution is 0.0535. The number of rotatable bonds is 8. The lowest BCUT2D eigenvalue weighted by Crippen LogP contribution is -2.31. The molecule has 8 heteroatoms. The Morgan fingerprint density at radius 2 is 2.06 bits per heavy atom. The van der Waals surface area contributed by atoms with E-state index < -0.39 is 0 Å². The number of benzene rings is 1.